The first-order valence-electron chi connectivity index (χ1n) is 5.79. The Hall–Kier alpha value is -2.17. The molecular weight excluding hydrogens is 230 g/mol. The van der Waals surface area contributed by atoms with Crippen molar-refractivity contribution in [2.24, 2.45) is 0 Å². The largest absolute Gasteiger partial charge is 0.464 e. The SMILES string of the molecule is CCc1nc(C(=O)OC)ccc1Cn1cccn1. The van der Waals surface area contributed by atoms with Crippen LogP contribution >= 0.6 is 0 Å². The van der Waals surface area contributed by atoms with Gasteiger partial charge in [0.05, 0.1) is 13.7 Å². The van der Waals surface area contributed by atoms with Crippen molar-refractivity contribution in [3.8, 4) is 0 Å². The van der Waals surface area contributed by atoms with Crippen LogP contribution in [0.2, 0.25) is 0 Å². The third-order valence-corrected chi connectivity index (χ3v) is 2.69. The number of rotatable bonds is 4. The lowest BCUT2D eigenvalue weighted by Crippen LogP contribution is -2.10. The van der Waals surface area contributed by atoms with Gasteiger partial charge in [-0.25, -0.2) is 9.78 Å². The smallest absolute Gasteiger partial charge is 0.356 e. The Morgan fingerprint density at radius 3 is 2.89 bits per heavy atom. The number of nitrogens with zero attached hydrogens (tertiary/aromatic N) is 3. The van der Waals surface area contributed by atoms with Crippen molar-refractivity contribution in [2.75, 3.05) is 7.11 Å². The summed E-state index contributed by atoms with van der Waals surface area (Å²) < 4.78 is 6.49. The van der Waals surface area contributed by atoms with E-state index in [-0.39, 0.29) is 0 Å². The molecule has 0 saturated heterocycles. The van der Waals surface area contributed by atoms with Gasteiger partial charge < -0.3 is 4.74 Å². The van der Waals surface area contributed by atoms with Crippen molar-refractivity contribution in [1.82, 2.24) is 14.8 Å². The Kier molecular flexibility index (Phi) is 3.72. The number of hydrogen-bond acceptors (Lipinski definition) is 4. The number of esters is 1. The number of aryl methyl sites for hydroxylation is 1. The molecule has 0 saturated carbocycles. The molecule has 2 heterocycles. The van der Waals surface area contributed by atoms with Crippen LogP contribution in [0.1, 0.15) is 28.7 Å². The van der Waals surface area contributed by atoms with Crippen molar-refractivity contribution in [1.29, 1.82) is 0 Å². The van der Waals surface area contributed by atoms with Gasteiger partial charge in [-0.15, -0.1) is 0 Å². The molecule has 0 spiro atoms. The van der Waals surface area contributed by atoms with Crippen molar-refractivity contribution in [2.45, 2.75) is 19.9 Å². The molecule has 0 radical (unpaired) electrons. The minimum atomic E-state index is -0.407. The zero-order valence-electron chi connectivity index (χ0n) is 10.5. The zero-order chi connectivity index (χ0) is 13.0. The lowest BCUT2D eigenvalue weighted by molar-refractivity contribution is 0.0593. The van der Waals surface area contributed by atoms with Gasteiger partial charge in [0, 0.05) is 18.1 Å². The predicted molar refractivity (Wildman–Crippen MR) is 66.3 cm³/mol. The summed E-state index contributed by atoms with van der Waals surface area (Å²) in [6.45, 7) is 2.67. The first kappa shape index (κ1) is 12.3. The molecule has 0 aliphatic heterocycles. The minimum absolute atomic E-state index is 0.346. The van der Waals surface area contributed by atoms with E-state index in [1.165, 1.54) is 7.11 Å². The number of ether oxygens (including phenoxy) is 1. The van der Waals surface area contributed by atoms with E-state index in [1.807, 2.05) is 29.9 Å². The van der Waals surface area contributed by atoms with Crippen LogP contribution in [0.25, 0.3) is 0 Å². The fourth-order valence-electron chi connectivity index (χ4n) is 1.77. The van der Waals surface area contributed by atoms with Crippen LogP contribution in [0.5, 0.6) is 0 Å². The second kappa shape index (κ2) is 5.44. The third-order valence-electron chi connectivity index (χ3n) is 2.69. The van der Waals surface area contributed by atoms with E-state index in [0.717, 1.165) is 17.7 Å². The van der Waals surface area contributed by atoms with Crippen LogP contribution in [-0.4, -0.2) is 27.8 Å². The molecule has 0 N–H and O–H groups in total. The molecule has 18 heavy (non-hydrogen) atoms. The fraction of sp³-hybridized carbons (Fsp3) is 0.308. The molecule has 5 nitrogen and oxygen atoms in total. The van der Waals surface area contributed by atoms with Crippen molar-refractivity contribution >= 4 is 5.97 Å². The lowest BCUT2D eigenvalue weighted by Gasteiger charge is -2.08. The highest BCUT2D eigenvalue weighted by atomic mass is 16.5. The molecule has 5 heteroatoms. The molecule has 2 aromatic heterocycles. The number of aromatic nitrogens is 3. The van der Waals surface area contributed by atoms with Gasteiger partial charge in [0.25, 0.3) is 0 Å². The number of hydrogen-bond donors (Lipinski definition) is 0. The molecular formula is C13H15N3O2. The van der Waals surface area contributed by atoms with Gasteiger partial charge >= 0.3 is 5.97 Å². The van der Waals surface area contributed by atoms with Gasteiger partial charge in [-0.2, -0.15) is 5.10 Å². The molecule has 0 aliphatic rings. The highest BCUT2D eigenvalue weighted by Crippen LogP contribution is 2.11. The molecule has 0 aliphatic carbocycles. The molecule has 0 bridgehead atoms. The average Bonchev–Trinajstić information content (AvgIpc) is 2.91. The molecule has 0 aromatic carbocycles. The number of carbonyl (C=O) groups is 1. The standard InChI is InChI=1S/C13H15N3O2/c1-3-11-10(9-16-8-4-7-14-16)5-6-12(15-11)13(17)18-2/h4-8H,3,9H2,1-2H3. The lowest BCUT2D eigenvalue weighted by atomic mass is 10.1. The van der Waals surface area contributed by atoms with Crippen molar-refractivity contribution < 1.29 is 9.53 Å². The van der Waals surface area contributed by atoms with E-state index in [2.05, 4.69) is 14.8 Å². The van der Waals surface area contributed by atoms with Crippen LogP contribution < -0.4 is 0 Å². The summed E-state index contributed by atoms with van der Waals surface area (Å²) in [6.07, 6.45) is 4.40. The number of methoxy groups -OCH3 is 1. The van der Waals surface area contributed by atoms with Crippen molar-refractivity contribution in [3.63, 3.8) is 0 Å². The van der Waals surface area contributed by atoms with E-state index in [1.54, 1.807) is 12.3 Å². The maximum atomic E-state index is 11.4. The summed E-state index contributed by atoms with van der Waals surface area (Å²) in [5.41, 5.74) is 2.31. The Morgan fingerprint density at radius 2 is 2.28 bits per heavy atom. The average molecular weight is 245 g/mol. The number of carbonyl (C=O) groups excluding carboxylic acids is 1. The molecule has 0 fully saturated rings. The van der Waals surface area contributed by atoms with E-state index in [9.17, 15) is 4.79 Å². The van der Waals surface area contributed by atoms with Crippen LogP contribution in [-0.2, 0) is 17.7 Å². The van der Waals surface area contributed by atoms with Gasteiger partial charge in [-0.1, -0.05) is 13.0 Å². The van der Waals surface area contributed by atoms with E-state index in [0.29, 0.717) is 12.2 Å². The van der Waals surface area contributed by atoms with E-state index in [4.69, 9.17) is 0 Å². The van der Waals surface area contributed by atoms with Gasteiger partial charge in [0.15, 0.2) is 0 Å². The van der Waals surface area contributed by atoms with E-state index >= 15 is 0 Å². The Bertz CT molecular complexity index is 535. The zero-order valence-corrected chi connectivity index (χ0v) is 10.5. The van der Waals surface area contributed by atoms with Gasteiger partial charge in [-0.3, -0.25) is 4.68 Å². The van der Waals surface area contributed by atoms with Gasteiger partial charge in [-0.05, 0) is 24.1 Å². The Morgan fingerprint density at radius 1 is 1.44 bits per heavy atom. The molecule has 2 rings (SSSR count). The first-order valence-corrected chi connectivity index (χ1v) is 5.79. The summed E-state index contributed by atoms with van der Waals surface area (Å²) in [5, 5.41) is 4.16. The summed E-state index contributed by atoms with van der Waals surface area (Å²) in [4.78, 5) is 15.7. The highest BCUT2D eigenvalue weighted by Gasteiger charge is 2.11. The topological polar surface area (TPSA) is 57.0 Å². The predicted octanol–water partition coefficient (Wildman–Crippen LogP) is 1.68. The summed E-state index contributed by atoms with van der Waals surface area (Å²) in [5.74, 6) is -0.407. The maximum Gasteiger partial charge on any atom is 0.356 e. The van der Waals surface area contributed by atoms with Gasteiger partial charge in [0.2, 0.25) is 0 Å². The van der Waals surface area contributed by atoms with Crippen LogP contribution in [0.15, 0.2) is 30.6 Å². The van der Waals surface area contributed by atoms with Crippen LogP contribution in [0.3, 0.4) is 0 Å². The second-order valence-corrected chi connectivity index (χ2v) is 3.85. The highest BCUT2D eigenvalue weighted by molar-refractivity contribution is 5.87. The number of pyridine rings is 1. The summed E-state index contributed by atoms with van der Waals surface area (Å²) in [7, 11) is 1.35. The third kappa shape index (κ3) is 2.56. The normalized spacial score (nSPS) is 10.3. The van der Waals surface area contributed by atoms with Crippen LogP contribution in [0.4, 0.5) is 0 Å². The minimum Gasteiger partial charge on any atom is -0.464 e. The monoisotopic (exact) mass is 245 g/mol. The quantitative estimate of drug-likeness (QED) is 0.769. The fourth-order valence-corrected chi connectivity index (χ4v) is 1.77. The van der Waals surface area contributed by atoms with E-state index < -0.39 is 5.97 Å². The van der Waals surface area contributed by atoms with Crippen LogP contribution in [0, 0.1) is 0 Å². The molecule has 0 atom stereocenters. The molecule has 2 aromatic rings. The summed E-state index contributed by atoms with van der Waals surface area (Å²) >= 11 is 0. The molecule has 0 unspecified atom stereocenters. The summed E-state index contributed by atoms with van der Waals surface area (Å²) in [6, 6.07) is 5.46. The van der Waals surface area contributed by atoms with Gasteiger partial charge in [0.1, 0.15) is 5.69 Å². The van der Waals surface area contributed by atoms with Crippen molar-refractivity contribution in [3.05, 3.63) is 47.5 Å². The molecule has 0 amide bonds. The second-order valence-electron chi connectivity index (χ2n) is 3.85. The Labute approximate surface area is 105 Å². The maximum absolute atomic E-state index is 11.4. The Balaban J connectivity index is 2.28. The first-order chi connectivity index (χ1) is 8.74. The molecule has 94 valence electrons.